The maximum atomic E-state index is 4.15. The van der Waals surface area contributed by atoms with Gasteiger partial charge in [-0.1, -0.05) is 0 Å². The van der Waals surface area contributed by atoms with Crippen LogP contribution < -0.4 is 5.32 Å². The summed E-state index contributed by atoms with van der Waals surface area (Å²) in [5.74, 6) is 0. The summed E-state index contributed by atoms with van der Waals surface area (Å²) in [6, 6.07) is 4.29. The zero-order valence-electron chi connectivity index (χ0n) is 11.6. The number of nitrogens with one attached hydrogen (secondary N) is 1. The second kappa shape index (κ2) is 5.25. The highest BCUT2D eigenvalue weighted by molar-refractivity contribution is 5.48. The maximum absolute atomic E-state index is 4.15. The SMILES string of the molecule is CCn1c(C)cc(CNc2cnccc2C)c1C. The smallest absolute Gasteiger partial charge is 0.0559 e. The van der Waals surface area contributed by atoms with E-state index in [1.165, 1.54) is 22.5 Å². The summed E-state index contributed by atoms with van der Waals surface area (Å²) in [5.41, 5.74) is 6.38. The highest BCUT2D eigenvalue weighted by Crippen LogP contribution is 2.18. The summed E-state index contributed by atoms with van der Waals surface area (Å²) in [6.07, 6.45) is 3.71. The van der Waals surface area contributed by atoms with Crippen molar-refractivity contribution in [3.63, 3.8) is 0 Å². The van der Waals surface area contributed by atoms with E-state index >= 15 is 0 Å². The van der Waals surface area contributed by atoms with Crippen LogP contribution in [0.15, 0.2) is 24.5 Å². The van der Waals surface area contributed by atoms with Crippen molar-refractivity contribution in [2.45, 2.75) is 40.8 Å². The van der Waals surface area contributed by atoms with Crippen molar-refractivity contribution in [1.29, 1.82) is 0 Å². The molecule has 0 saturated carbocycles. The molecule has 3 heteroatoms. The predicted molar refractivity (Wildman–Crippen MR) is 75.9 cm³/mol. The number of nitrogens with zero attached hydrogens (tertiary/aromatic N) is 2. The minimum atomic E-state index is 0.853. The molecule has 0 bridgehead atoms. The number of aromatic nitrogens is 2. The fourth-order valence-corrected chi connectivity index (χ4v) is 2.38. The van der Waals surface area contributed by atoms with Gasteiger partial charge in [0.05, 0.1) is 11.9 Å². The fraction of sp³-hybridized carbons (Fsp3) is 0.400. The fourth-order valence-electron chi connectivity index (χ4n) is 2.38. The van der Waals surface area contributed by atoms with E-state index in [4.69, 9.17) is 0 Å². The molecule has 2 rings (SSSR count). The summed E-state index contributed by atoms with van der Waals surface area (Å²) < 4.78 is 2.34. The van der Waals surface area contributed by atoms with Crippen LogP contribution in [-0.2, 0) is 13.1 Å². The van der Waals surface area contributed by atoms with Crippen LogP contribution in [0.4, 0.5) is 5.69 Å². The maximum Gasteiger partial charge on any atom is 0.0559 e. The lowest BCUT2D eigenvalue weighted by Crippen LogP contribution is -2.04. The van der Waals surface area contributed by atoms with Gasteiger partial charge in [-0.25, -0.2) is 0 Å². The van der Waals surface area contributed by atoms with Crippen molar-refractivity contribution in [2.75, 3.05) is 5.32 Å². The Morgan fingerprint density at radius 1 is 1.28 bits per heavy atom. The molecule has 0 aliphatic heterocycles. The van der Waals surface area contributed by atoms with Gasteiger partial charge in [0.1, 0.15) is 0 Å². The number of rotatable bonds is 4. The normalized spacial score (nSPS) is 10.7. The van der Waals surface area contributed by atoms with Crippen LogP contribution in [0.25, 0.3) is 0 Å². The van der Waals surface area contributed by atoms with Gasteiger partial charge in [0.15, 0.2) is 0 Å². The first kappa shape index (κ1) is 12.7. The summed E-state index contributed by atoms with van der Waals surface area (Å²) in [4.78, 5) is 4.15. The van der Waals surface area contributed by atoms with Crippen LogP contribution in [0, 0.1) is 20.8 Å². The Morgan fingerprint density at radius 2 is 2.06 bits per heavy atom. The van der Waals surface area contributed by atoms with Crippen LogP contribution >= 0.6 is 0 Å². The molecule has 96 valence electrons. The molecule has 18 heavy (non-hydrogen) atoms. The second-order valence-corrected chi connectivity index (χ2v) is 4.68. The molecule has 0 saturated heterocycles. The van der Waals surface area contributed by atoms with E-state index < -0.39 is 0 Å². The Balaban J connectivity index is 2.14. The largest absolute Gasteiger partial charge is 0.379 e. The van der Waals surface area contributed by atoms with Gasteiger partial charge in [-0.05, 0) is 51.0 Å². The van der Waals surface area contributed by atoms with Gasteiger partial charge in [0, 0.05) is 30.7 Å². The summed E-state index contributed by atoms with van der Waals surface area (Å²) in [7, 11) is 0. The van der Waals surface area contributed by atoms with E-state index in [9.17, 15) is 0 Å². The number of anilines is 1. The molecule has 0 spiro atoms. The third-order valence-electron chi connectivity index (χ3n) is 3.50. The molecule has 0 unspecified atom stereocenters. The average Bonchev–Trinajstić information content (AvgIpc) is 2.63. The van der Waals surface area contributed by atoms with Gasteiger partial charge in [-0.2, -0.15) is 0 Å². The summed E-state index contributed by atoms with van der Waals surface area (Å²) in [5, 5.41) is 3.46. The molecule has 3 nitrogen and oxygen atoms in total. The van der Waals surface area contributed by atoms with Gasteiger partial charge in [0.25, 0.3) is 0 Å². The Kier molecular flexibility index (Phi) is 3.70. The number of pyridine rings is 1. The van der Waals surface area contributed by atoms with E-state index in [-0.39, 0.29) is 0 Å². The average molecular weight is 243 g/mol. The lowest BCUT2D eigenvalue weighted by atomic mass is 10.2. The first-order chi connectivity index (χ1) is 8.63. The minimum absolute atomic E-state index is 0.853. The molecule has 2 aromatic rings. The highest BCUT2D eigenvalue weighted by atomic mass is 15.0. The van der Waals surface area contributed by atoms with Gasteiger partial charge < -0.3 is 9.88 Å². The van der Waals surface area contributed by atoms with E-state index in [2.05, 4.69) is 48.6 Å². The molecular weight excluding hydrogens is 222 g/mol. The number of aryl methyl sites for hydroxylation is 2. The lowest BCUT2D eigenvalue weighted by molar-refractivity contribution is 0.715. The second-order valence-electron chi connectivity index (χ2n) is 4.68. The Bertz CT molecular complexity index is 541. The molecular formula is C15H21N3. The molecule has 0 aliphatic rings. The van der Waals surface area contributed by atoms with Crippen LogP contribution in [0.1, 0.15) is 29.4 Å². The zero-order valence-corrected chi connectivity index (χ0v) is 11.6. The monoisotopic (exact) mass is 243 g/mol. The van der Waals surface area contributed by atoms with E-state index in [0.29, 0.717) is 0 Å². The Hall–Kier alpha value is -1.77. The highest BCUT2D eigenvalue weighted by Gasteiger charge is 2.07. The molecule has 2 heterocycles. The molecule has 0 fully saturated rings. The quantitative estimate of drug-likeness (QED) is 0.891. The molecule has 0 amide bonds. The van der Waals surface area contributed by atoms with Crippen LogP contribution in [0.2, 0.25) is 0 Å². The van der Waals surface area contributed by atoms with E-state index in [1.807, 2.05) is 18.5 Å². The first-order valence-corrected chi connectivity index (χ1v) is 6.43. The topological polar surface area (TPSA) is 29.9 Å². The first-order valence-electron chi connectivity index (χ1n) is 6.43. The Labute approximate surface area is 109 Å². The molecule has 0 aliphatic carbocycles. The van der Waals surface area contributed by atoms with Gasteiger partial charge in [-0.3, -0.25) is 4.98 Å². The van der Waals surface area contributed by atoms with Crippen molar-refractivity contribution >= 4 is 5.69 Å². The van der Waals surface area contributed by atoms with Crippen molar-refractivity contribution in [3.05, 3.63) is 47.0 Å². The van der Waals surface area contributed by atoms with Crippen LogP contribution in [-0.4, -0.2) is 9.55 Å². The number of hydrogen-bond acceptors (Lipinski definition) is 2. The third kappa shape index (κ3) is 2.40. The van der Waals surface area contributed by atoms with Crippen LogP contribution in [0.3, 0.4) is 0 Å². The lowest BCUT2D eigenvalue weighted by Gasteiger charge is -2.09. The van der Waals surface area contributed by atoms with Crippen molar-refractivity contribution in [2.24, 2.45) is 0 Å². The van der Waals surface area contributed by atoms with Crippen molar-refractivity contribution in [1.82, 2.24) is 9.55 Å². The summed E-state index contributed by atoms with van der Waals surface area (Å²) >= 11 is 0. The molecule has 0 radical (unpaired) electrons. The standard InChI is InChI=1S/C15H21N3/c1-5-18-12(3)8-14(13(18)4)9-17-15-10-16-7-6-11(15)2/h6-8,10,17H,5,9H2,1-4H3. The van der Waals surface area contributed by atoms with Gasteiger partial charge in [0.2, 0.25) is 0 Å². The van der Waals surface area contributed by atoms with Crippen LogP contribution in [0.5, 0.6) is 0 Å². The predicted octanol–water partition coefficient (Wildman–Crippen LogP) is 3.44. The third-order valence-corrected chi connectivity index (χ3v) is 3.50. The van der Waals surface area contributed by atoms with Gasteiger partial charge >= 0.3 is 0 Å². The van der Waals surface area contributed by atoms with E-state index in [1.54, 1.807) is 0 Å². The van der Waals surface area contributed by atoms with Crippen molar-refractivity contribution < 1.29 is 0 Å². The minimum Gasteiger partial charge on any atom is -0.379 e. The van der Waals surface area contributed by atoms with Gasteiger partial charge in [-0.15, -0.1) is 0 Å². The van der Waals surface area contributed by atoms with E-state index in [0.717, 1.165) is 18.8 Å². The molecule has 0 aromatic carbocycles. The molecule has 1 N–H and O–H groups in total. The molecule has 2 aromatic heterocycles. The number of hydrogen-bond donors (Lipinski definition) is 1. The van der Waals surface area contributed by atoms with Crippen molar-refractivity contribution in [3.8, 4) is 0 Å². The molecule has 0 atom stereocenters. The summed E-state index contributed by atoms with van der Waals surface area (Å²) in [6.45, 7) is 10.5. The Morgan fingerprint density at radius 3 is 2.67 bits per heavy atom. The zero-order chi connectivity index (χ0) is 13.1.